The highest BCUT2D eigenvalue weighted by atomic mass is 32.2. The van der Waals surface area contributed by atoms with E-state index in [9.17, 15) is 0 Å². The van der Waals surface area contributed by atoms with Gasteiger partial charge in [0.2, 0.25) is 5.13 Å². The Morgan fingerprint density at radius 2 is 2.14 bits per heavy atom. The number of ether oxygens (including phenoxy) is 2. The smallest absolute Gasteiger partial charge is 0.206 e. The maximum Gasteiger partial charge on any atom is 0.206 e. The monoisotopic (exact) mass is 323 g/mol. The van der Waals surface area contributed by atoms with Crippen LogP contribution in [0, 0.1) is 0 Å². The molecule has 1 fully saturated rings. The van der Waals surface area contributed by atoms with Crippen LogP contribution in [0.25, 0.3) is 0 Å². The molecule has 7 heteroatoms. The highest BCUT2D eigenvalue weighted by molar-refractivity contribution is 8.01. The third-order valence-corrected chi connectivity index (χ3v) is 5.57. The van der Waals surface area contributed by atoms with Crippen LogP contribution in [0.5, 0.6) is 0 Å². The van der Waals surface area contributed by atoms with Crippen LogP contribution in [0.15, 0.2) is 34.7 Å². The van der Waals surface area contributed by atoms with E-state index >= 15 is 0 Å². The summed E-state index contributed by atoms with van der Waals surface area (Å²) in [5.74, 6) is 0.759. The summed E-state index contributed by atoms with van der Waals surface area (Å²) in [4.78, 5) is 0. The van der Waals surface area contributed by atoms with Gasteiger partial charge in [0.25, 0.3) is 0 Å². The largest absolute Gasteiger partial charge is 0.376 e. The van der Waals surface area contributed by atoms with Gasteiger partial charge in [0.05, 0.1) is 19.8 Å². The molecule has 1 aromatic carbocycles. The van der Waals surface area contributed by atoms with Crippen LogP contribution in [-0.2, 0) is 15.1 Å². The number of anilines is 1. The van der Waals surface area contributed by atoms with Crippen LogP contribution < -0.4 is 5.32 Å². The summed E-state index contributed by atoms with van der Waals surface area (Å²) < 4.78 is 12.7. The molecule has 1 aliphatic heterocycles. The van der Waals surface area contributed by atoms with Gasteiger partial charge in [-0.1, -0.05) is 53.4 Å². The van der Waals surface area contributed by atoms with Crippen molar-refractivity contribution in [2.45, 2.75) is 9.94 Å². The molecule has 0 aliphatic carbocycles. The molecule has 21 heavy (non-hydrogen) atoms. The second kappa shape index (κ2) is 6.74. The van der Waals surface area contributed by atoms with Crippen molar-refractivity contribution in [2.75, 3.05) is 37.9 Å². The van der Waals surface area contributed by atoms with E-state index in [1.54, 1.807) is 23.1 Å². The van der Waals surface area contributed by atoms with Crippen molar-refractivity contribution in [3.05, 3.63) is 35.9 Å². The van der Waals surface area contributed by atoms with Gasteiger partial charge in [-0.15, -0.1) is 10.2 Å². The lowest BCUT2D eigenvalue weighted by atomic mass is 9.96. The van der Waals surface area contributed by atoms with Gasteiger partial charge in [-0.2, -0.15) is 0 Å². The fourth-order valence-corrected chi connectivity index (χ4v) is 4.07. The van der Waals surface area contributed by atoms with Crippen LogP contribution in [0.4, 0.5) is 5.13 Å². The molecule has 1 aromatic heterocycles. The highest BCUT2D eigenvalue weighted by Gasteiger charge is 2.36. The Bertz CT molecular complexity index is 571. The standard InChI is InChI=1S/C14H17N3O2S2/c1-15-12-16-17-13(21-12)20-10-14(9-18-7-8-19-14)11-5-3-2-4-6-11/h2-6H,7-10H2,1H3,(H,15,16). The molecule has 112 valence electrons. The third-order valence-electron chi connectivity index (χ3n) is 3.29. The van der Waals surface area contributed by atoms with E-state index < -0.39 is 5.60 Å². The Labute approximate surface area is 132 Å². The number of hydrogen-bond acceptors (Lipinski definition) is 7. The minimum atomic E-state index is -0.407. The molecule has 0 radical (unpaired) electrons. The van der Waals surface area contributed by atoms with E-state index in [4.69, 9.17) is 9.47 Å². The minimum Gasteiger partial charge on any atom is -0.376 e. The summed E-state index contributed by atoms with van der Waals surface area (Å²) >= 11 is 3.21. The van der Waals surface area contributed by atoms with Crippen molar-refractivity contribution in [1.82, 2.24) is 10.2 Å². The molecule has 2 aromatic rings. The predicted octanol–water partition coefficient (Wildman–Crippen LogP) is 2.61. The van der Waals surface area contributed by atoms with Crippen molar-refractivity contribution in [1.29, 1.82) is 0 Å². The Morgan fingerprint density at radius 1 is 1.29 bits per heavy atom. The molecule has 0 amide bonds. The summed E-state index contributed by atoms with van der Waals surface area (Å²) in [6.45, 7) is 1.84. The number of rotatable bonds is 5. The first-order valence-corrected chi connectivity index (χ1v) is 8.54. The molecule has 1 atom stereocenters. The van der Waals surface area contributed by atoms with Gasteiger partial charge in [0, 0.05) is 12.8 Å². The van der Waals surface area contributed by atoms with E-state index in [0.29, 0.717) is 19.8 Å². The molecule has 0 bridgehead atoms. The predicted molar refractivity (Wildman–Crippen MR) is 85.1 cm³/mol. The normalized spacial score (nSPS) is 22.1. The van der Waals surface area contributed by atoms with Gasteiger partial charge in [-0.25, -0.2) is 0 Å². The summed E-state index contributed by atoms with van der Waals surface area (Å²) in [5.41, 5.74) is 0.742. The van der Waals surface area contributed by atoms with E-state index in [0.717, 1.165) is 20.8 Å². The molecule has 5 nitrogen and oxygen atoms in total. The van der Waals surface area contributed by atoms with Crippen LogP contribution in [-0.4, -0.2) is 42.8 Å². The summed E-state index contributed by atoms with van der Waals surface area (Å²) in [6, 6.07) is 10.3. The first-order valence-electron chi connectivity index (χ1n) is 6.74. The van der Waals surface area contributed by atoms with E-state index in [-0.39, 0.29) is 0 Å². The van der Waals surface area contributed by atoms with E-state index in [1.165, 1.54) is 0 Å². The average molecular weight is 323 g/mol. The molecule has 2 heterocycles. The van der Waals surface area contributed by atoms with Crippen molar-refractivity contribution >= 4 is 28.2 Å². The topological polar surface area (TPSA) is 56.3 Å². The molecule has 0 spiro atoms. The minimum absolute atomic E-state index is 0.407. The van der Waals surface area contributed by atoms with E-state index in [1.807, 2.05) is 25.2 Å². The molecule has 1 unspecified atom stereocenters. The van der Waals surface area contributed by atoms with Crippen LogP contribution in [0.3, 0.4) is 0 Å². The van der Waals surface area contributed by atoms with Gasteiger partial charge in [0.15, 0.2) is 4.34 Å². The van der Waals surface area contributed by atoms with Crippen LogP contribution in [0.2, 0.25) is 0 Å². The summed E-state index contributed by atoms with van der Waals surface area (Å²) in [6.07, 6.45) is 0. The lowest BCUT2D eigenvalue weighted by molar-refractivity contribution is -0.150. The maximum atomic E-state index is 6.10. The van der Waals surface area contributed by atoms with E-state index in [2.05, 4.69) is 27.6 Å². The second-order valence-electron chi connectivity index (χ2n) is 4.67. The zero-order valence-electron chi connectivity index (χ0n) is 11.7. The maximum absolute atomic E-state index is 6.10. The van der Waals surface area contributed by atoms with Crippen molar-refractivity contribution in [3.63, 3.8) is 0 Å². The van der Waals surface area contributed by atoms with Crippen molar-refractivity contribution in [2.24, 2.45) is 0 Å². The Kier molecular flexibility index (Phi) is 4.74. The van der Waals surface area contributed by atoms with Gasteiger partial charge >= 0.3 is 0 Å². The number of aromatic nitrogens is 2. The lowest BCUT2D eigenvalue weighted by Gasteiger charge is -2.37. The SMILES string of the molecule is CNc1nnc(SCC2(c3ccccc3)COCCO2)s1. The Hall–Kier alpha value is -1.15. The number of benzene rings is 1. The van der Waals surface area contributed by atoms with Crippen molar-refractivity contribution in [3.8, 4) is 0 Å². The number of nitrogens with zero attached hydrogens (tertiary/aromatic N) is 2. The Morgan fingerprint density at radius 3 is 2.81 bits per heavy atom. The lowest BCUT2D eigenvalue weighted by Crippen LogP contribution is -2.42. The molecular weight excluding hydrogens is 306 g/mol. The first-order chi connectivity index (χ1) is 10.3. The Balaban J connectivity index is 1.76. The zero-order valence-corrected chi connectivity index (χ0v) is 13.4. The summed E-state index contributed by atoms with van der Waals surface area (Å²) in [7, 11) is 1.85. The number of hydrogen-bond donors (Lipinski definition) is 1. The number of thioether (sulfide) groups is 1. The molecule has 1 N–H and O–H groups in total. The van der Waals surface area contributed by atoms with Gasteiger partial charge < -0.3 is 14.8 Å². The fourth-order valence-electron chi connectivity index (χ4n) is 2.20. The van der Waals surface area contributed by atoms with Crippen molar-refractivity contribution < 1.29 is 9.47 Å². The van der Waals surface area contributed by atoms with Crippen LogP contribution in [0.1, 0.15) is 5.56 Å². The fraction of sp³-hybridized carbons (Fsp3) is 0.429. The second-order valence-corrected chi connectivity index (χ2v) is 6.87. The molecule has 1 saturated heterocycles. The molecular formula is C14H17N3O2S2. The third kappa shape index (κ3) is 3.37. The number of nitrogens with one attached hydrogen (secondary N) is 1. The highest BCUT2D eigenvalue weighted by Crippen LogP contribution is 2.36. The molecule has 0 saturated carbocycles. The van der Waals surface area contributed by atoms with Crippen LogP contribution >= 0.6 is 23.1 Å². The molecule has 1 aliphatic rings. The van der Waals surface area contributed by atoms with Gasteiger partial charge in [-0.05, 0) is 5.56 Å². The van der Waals surface area contributed by atoms with Gasteiger partial charge in [-0.3, -0.25) is 0 Å². The first kappa shape index (κ1) is 14.8. The summed E-state index contributed by atoms with van der Waals surface area (Å²) in [5, 5.41) is 12.1. The average Bonchev–Trinajstić information content (AvgIpc) is 3.03. The van der Waals surface area contributed by atoms with Gasteiger partial charge in [0.1, 0.15) is 5.60 Å². The zero-order chi connectivity index (χ0) is 14.5. The quantitative estimate of drug-likeness (QED) is 0.854. The molecule has 3 rings (SSSR count).